The number of unbranched alkanes of at least 4 members (excludes halogenated alkanes) is 1. The van der Waals surface area contributed by atoms with E-state index in [1.807, 2.05) is 79.5 Å². The standard InChI is InChI=1S/C28H32N8O2/c1-5-36-25(18-20(2)31-36)26(38)30-28-33(4)22-13-7-9-15-24(22)35(28)17-11-10-16-34-23-14-8-6-12-21(23)32(3)27(34)29-19-37/h6-9,12-15,18-19H,5,10-11,16-17H2,1-4H3. The van der Waals surface area contributed by atoms with E-state index in [2.05, 4.69) is 30.3 Å². The summed E-state index contributed by atoms with van der Waals surface area (Å²) in [5.41, 5.74) is 6.61. The summed E-state index contributed by atoms with van der Waals surface area (Å²) in [5.74, 6) is -0.307. The number of imidazole rings is 2. The first-order valence-electron chi connectivity index (χ1n) is 12.8. The third-order valence-electron chi connectivity index (χ3n) is 6.95. The molecule has 3 aromatic heterocycles. The van der Waals surface area contributed by atoms with Gasteiger partial charge in [0.25, 0.3) is 5.91 Å². The van der Waals surface area contributed by atoms with Crippen molar-refractivity contribution in [2.45, 2.75) is 46.3 Å². The summed E-state index contributed by atoms with van der Waals surface area (Å²) < 4.78 is 9.79. The molecule has 10 heteroatoms. The summed E-state index contributed by atoms with van der Waals surface area (Å²) >= 11 is 0. The molecule has 0 aliphatic rings. The fraction of sp³-hybridized carbons (Fsp3) is 0.321. The average Bonchev–Trinajstić information content (AvgIpc) is 3.53. The third kappa shape index (κ3) is 4.42. The Labute approximate surface area is 219 Å². The van der Waals surface area contributed by atoms with Crippen LogP contribution in [0.15, 0.2) is 64.6 Å². The molecule has 2 aromatic carbocycles. The summed E-state index contributed by atoms with van der Waals surface area (Å²) in [6.07, 6.45) is 2.29. The molecule has 0 bridgehead atoms. The molecule has 0 N–H and O–H groups in total. The van der Waals surface area contributed by atoms with E-state index in [1.165, 1.54) is 0 Å². The molecule has 3 heterocycles. The topological polar surface area (TPSA) is 96.4 Å². The first-order chi connectivity index (χ1) is 18.4. The van der Waals surface area contributed by atoms with Crippen molar-refractivity contribution in [3.8, 4) is 0 Å². The molecule has 10 nitrogen and oxygen atoms in total. The van der Waals surface area contributed by atoms with E-state index >= 15 is 0 Å². The molecule has 2 amide bonds. The van der Waals surface area contributed by atoms with Crippen molar-refractivity contribution in [3.63, 3.8) is 0 Å². The van der Waals surface area contributed by atoms with E-state index in [9.17, 15) is 9.59 Å². The summed E-state index contributed by atoms with van der Waals surface area (Å²) in [5, 5.41) is 4.40. The van der Waals surface area contributed by atoms with Gasteiger partial charge >= 0.3 is 0 Å². The van der Waals surface area contributed by atoms with Crippen LogP contribution in [-0.4, -0.2) is 40.4 Å². The zero-order chi connectivity index (χ0) is 26.8. The molecule has 0 radical (unpaired) electrons. The zero-order valence-corrected chi connectivity index (χ0v) is 22.2. The minimum Gasteiger partial charge on any atom is -0.313 e. The monoisotopic (exact) mass is 512 g/mol. The quantitative estimate of drug-likeness (QED) is 0.236. The van der Waals surface area contributed by atoms with E-state index in [0.29, 0.717) is 43.0 Å². The number of para-hydroxylation sites is 4. The first-order valence-corrected chi connectivity index (χ1v) is 12.8. The van der Waals surface area contributed by atoms with Gasteiger partial charge in [0.15, 0.2) is 0 Å². The molecule has 0 saturated heterocycles. The van der Waals surface area contributed by atoms with Crippen LogP contribution < -0.4 is 11.2 Å². The van der Waals surface area contributed by atoms with E-state index in [4.69, 9.17) is 0 Å². The van der Waals surface area contributed by atoms with Crippen LogP contribution in [-0.2, 0) is 38.5 Å². The Balaban J connectivity index is 1.46. The van der Waals surface area contributed by atoms with Gasteiger partial charge in [-0.1, -0.05) is 24.3 Å². The lowest BCUT2D eigenvalue weighted by atomic mass is 10.2. The Morgan fingerprint density at radius 2 is 1.39 bits per heavy atom. The van der Waals surface area contributed by atoms with Gasteiger partial charge in [-0.25, -0.2) is 0 Å². The molecule has 0 spiro atoms. The largest absolute Gasteiger partial charge is 0.313 e. The maximum Gasteiger partial charge on any atom is 0.298 e. The molecule has 196 valence electrons. The summed E-state index contributed by atoms with van der Waals surface area (Å²) in [7, 11) is 3.86. The highest BCUT2D eigenvalue weighted by Gasteiger charge is 2.16. The number of benzene rings is 2. The lowest BCUT2D eigenvalue weighted by Gasteiger charge is -2.07. The van der Waals surface area contributed by atoms with Crippen LogP contribution in [0.2, 0.25) is 0 Å². The van der Waals surface area contributed by atoms with Crippen molar-refractivity contribution < 1.29 is 9.59 Å². The number of carbonyl (C=O) groups is 2. The number of amides is 2. The van der Waals surface area contributed by atoms with Crippen LogP contribution in [0.25, 0.3) is 22.1 Å². The van der Waals surface area contributed by atoms with Crippen molar-refractivity contribution in [1.29, 1.82) is 0 Å². The second-order valence-electron chi connectivity index (χ2n) is 9.34. The molecule has 0 aliphatic carbocycles. The van der Waals surface area contributed by atoms with Crippen LogP contribution in [0, 0.1) is 6.92 Å². The van der Waals surface area contributed by atoms with Gasteiger partial charge in [0.2, 0.25) is 17.6 Å². The lowest BCUT2D eigenvalue weighted by molar-refractivity contribution is -0.107. The Morgan fingerprint density at radius 3 is 1.95 bits per heavy atom. The predicted octanol–water partition coefficient (Wildman–Crippen LogP) is 3.08. The molecular formula is C28H32N8O2. The fourth-order valence-corrected chi connectivity index (χ4v) is 5.17. The highest BCUT2D eigenvalue weighted by atomic mass is 16.1. The summed E-state index contributed by atoms with van der Waals surface area (Å²) in [4.78, 5) is 33.1. The third-order valence-corrected chi connectivity index (χ3v) is 6.95. The second-order valence-corrected chi connectivity index (χ2v) is 9.34. The number of carbonyl (C=O) groups excluding carboxylic acids is 2. The maximum atomic E-state index is 13.2. The van der Waals surface area contributed by atoms with Gasteiger partial charge < -0.3 is 18.3 Å². The number of rotatable bonds is 8. The Morgan fingerprint density at radius 1 is 0.868 bits per heavy atom. The number of nitrogens with zero attached hydrogens (tertiary/aromatic N) is 8. The van der Waals surface area contributed by atoms with Crippen LogP contribution in [0.3, 0.4) is 0 Å². The summed E-state index contributed by atoms with van der Waals surface area (Å²) in [6, 6.07) is 17.9. The normalized spacial score (nSPS) is 12.7. The van der Waals surface area contributed by atoms with Gasteiger partial charge in [-0.15, -0.1) is 0 Å². The first kappa shape index (κ1) is 25.2. The maximum absolute atomic E-state index is 13.2. The molecule has 0 aliphatic heterocycles. The number of fused-ring (bicyclic) bond motifs is 2. The van der Waals surface area contributed by atoms with Gasteiger partial charge in [0.1, 0.15) is 5.69 Å². The van der Waals surface area contributed by atoms with E-state index < -0.39 is 0 Å². The molecule has 0 unspecified atom stereocenters. The predicted molar refractivity (Wildman–Crippen MR) is 145 cm³/mol. The van der Waals surface area contributed by atoms with Gasteiger partial charge in [0, 0.05) is 33.7 Å². The number of hydrogen-bond acceptors (Lipinski definition) is 3. The number of aryl methyl sites for hydroxylation is 6. The number of hydrogen-bond donors (Lipinski definition) is 0. The number of aromatic nitrogens is 6. The van der Waals surface area contributed by atoms with Gasteiger partial charge in [0.05, 0.1) is 27.8 Å². The molecule has 0 atom stereocenters. The Kier molecular flexibility index (Phi) is 6.95. The van der Waals surface area contributed by atoms with Crippen LogP contribution >= 0.6 is 0 Å². The van der Waals surface area contributed by atoms with Crippen molar-refractivity contribution in [2.24, 2.45) is 24.1 Å². The van der Waals surface area contributed by atoms with E-state index in [0.717, 1.165) is 40.6 Å². The lowest BCUT2D eigenvalue weighted by Crippen LogP contribution is -2.27. The van der Waals surface area contributed by atoms with Gasteiger partial charge in [-0.3, -0.25) is 14.3 Å². The Bertz CT molecular complexity index is 1790. The Hall–Kier alpha value is -4.47. The fourth-order valence-electron chi connectivity index (χ4n) is 5.17. The second kappa shape index (κ2) is 10.5. The highest BCUT2D eigenvalue weighted by molar-refractivity contribution is 5.93. The molecular weight excluding hydrogens is 480 g/mol. The molecule has 0 saturated carbocycles. The zero-order valence-electron chi connectivity index (χ0n) is 22.2. The van der Waals surface area contributed by atoms with Crippen molar-refractivity contribution in [2.75, 3.05) is 0 Å². The van der Waals surface area contributed by atoms with E-state index in [-0.39, 0.29) is 5.91 Å². The minimum absolute atomic E-state index is 0.307. The SMILES string of the molecule is CCn1nc(C)cc1C(=O)N=c1n(C)c2ccccc2n1CCCCn1c(=NC=O)n(C)c2ccccc21. The van der Waals surface area contributed by atoms with Crippen LogP contribution in [0.4, 0.5) is 0 Å². The molecule has 5 rings (SSSR count). The minimum atomic E-state index is -0.307. The van der Waals surface area contributed by atoms with Crippen LogP contribution in [0.1, 0.15) is 35.9 Å². The highest BCUT2D eigenvalue weighted by Crippen LogP contribution is 2.15. The summed E-state index contributed by atoms with van der Waals surface area (Å²) in [6.45, 7) is 5.83. The van der Waals surface area contributed by atoms with Gasteiger partial charge in [-0.05, 0) is 57.0 Å². The van der Waals surface area contributed by atoms with Crippen molar-refractivity contribution >= 4 is 34.4 Å². The smallest absolute Gasteiger partial charge is 0.298 e. The molecule has 0 fully saturated rings. The molecule has 5 aromatic rings. The van der Waals surface area contributed by atoms with Crippen molar-refractivity contribution in [1.82, 2.24) is 28.0 Å². The van der Waals surface area contributed by atoms with Gasteiger partial charge in [-0.2, -0.15) is 15.1 Å². The molecule has 38 heavy (non-hydrogen) atoms. The van der Waals surface area contributed by atoms with Crippen LogP contribution in [0.5, 0.6) is 0 Å². The van der Waals surface area contributed by atoms with E-state index in [1.54, 1.807) is 10.7 Å². The average molecular weight is 513 g/mol. The van der Waals surface area contributed by atoms with Crippen molar-refractivity contribution in [3.05, 3.63) is 77.2 Å².